The summed E-state index contributed by atoms with van der Waals surface area (Å²) in [6.45, 7) is 7.82. The van der Waals surface area contributed by atoms with Crippen molar-refractivity contribution in [1.82, 2.24) is 10.2 Å². The van der Waals surface area contributed by atoms with Gasteiger partial charge in [0.1, 0.15) is 0 Å². The van der Waals surface area contributed by atoms with Crippen molar-refractivity contribution in [2.45, 2.75) is 19.9 Å². The summed E-state index contributed by atoms with van der Waals surface area (Å²) < 4.78 is 0. The van der Waals surface area contributed by atoms with Crippen molar-refractivity contribution in [1.29, 1.82) is 0 Å². The lowest BCUT2D eigenvalue weighted by molar-refractivity contribution is 0.283. The van der Waals surface area contributed by atoms with E-state index in [1.807, 2.05) is 7.05 Å². The predicted molar refractivity (Wildman–Crippen MR) is 48.7 cm³/mol. The van der Waals surface area contributed by atoms with Gasteiger partial charge < -0.3 is 5.32 Å². The van der Waals surface area contributed by atoms with Crippen molar-refractivity contribution in [2.24, 2.45) is 0 Å². The molecule has 0 atom stereocenters. The fraction of sp³-hybridized carbons (Fsp3) is 0.778. The Morgan fingerprint density at radius 2 is 2.36 bits per heavy atom. The van der Waals surface area contributed by atoms with Crippen LogP contribution in [0.4, 0.5) is 0 Å². The molecule has 0 aromatic rings. The molecule has 0 spiro atoms. The average Bonchev–Trinajstić information content (AvgIpc) is 2.37. The Bertz CT molecular complexity index is 150. The molecule has 2 nitrogen and oxygen atoms in total. The zero-order valence-corrected chi connectivity index (χ0v) is 7.72. The molecule has 1 rings (SSSR count). The van der Waals surface area contributed by atoms with Crippen LogP contribution in [0, 0.1) is 0 Å². The Kier molecular flexibility index (Phi) is 3.09. The van der Waals surface area contributed by atoms with Crippen LogP contribution in [-0.4, -0.2) is 37.6 Å². The molecule has 1 N–H and O–H groups in total. The second kappa shape index (κ2) is 3.88. The summed E-state index contributed by atoms with van der Waals surface area (Å²) in [6, 6.07) is 0.681. The zero-order valence-electron chi connectivity index (χ0n) is 7.72. The Morgan fingerprint density at radius 3 is 2.82 bits per heavy atom. The normalized spacial score (nSPS) is 19.5. The van der Waals surface area contributed by atoms with Gasteiger partial charge in [0.2, 0.25) is 0 Å². The van der Waals surface area contributed by atoms with Crippen LogP contribution < -0.4 is 5.32 Å². The van der Waals surface area contributed by atoms with Gasteiger partial charge in [0.25, 0.3) is 0 Å². The largest absolute Gasteiger partial charge is 0.316 e. The highest BCUT2D eigenvalue weighted by atomic mass is 15.2. The molecule has 0 saturated heterocycles. The molecule has 0 aromatic heterocycles. The maximum absolute atomic E-state index is 3.17. The van der Waals surface area contributed by atoms with Crippen molar-refractivity contribution in [3.63, 3.8) is 0 Å². The van der Waals surface area contributed by atoms with Crippen LogP contribution in [0.15, 0.2) is 11.6 Å². The van der Waals surface area contributed by atoms with Gasteiger partial charge in [-0.05, 0) is 26.5 Å². The van der Waals surface area contributed by atoms with Crippen molar-refractivity contribution in [3.8, 4) is 0 Å². The molecule has 0 amide bonds. The van der Waals surface area contributed by atoms with Gasteiger partial charge in [-0.25, -0.2) is 0 Å². The maximum Gasteiger partial charge on any atom is 0.0212 e. The van der Waals surface area contributed by atoms with Crippen LogP contribution in [0.3, 0.4) is 0 Å². The summed E-state index contributed by atoms with van der Waals surface area (Å²) in [7, 11) is 2.00. The number of nitrogens with zero attached hydrogens (tertiary/aromatic N) is 1. The summed E-state index contributed by atoms with van der Waals surface area (Å²) in [6.07, 6.45) is 2.33. The number of nitrogens with one attached hydrogen (secondary N) is 1. The van der Waals surface area contributed by atoms with Crippen molar-refractivity contribution in [2.75, 3.05) is 26.7 Å². The lowest BCUT2D eigenvalue weighted by Gasteiger charge is -2.20. The molecule has 0 radical (unpaired) electrons. The first-order valence-corrected chi connectivity index (χ1v) is 4.30. The molecule has 11 heavy (non-hydrogen) atoms. The van der Waals surface area contributed by atoms with E-state index < -0.39 is 0 Å². The van der Waals surface area contributed by atoms with E-state index in [4.69, 9.17) is 0 Å². The number of rotatable bonds is 3. The van der Waals surface area contributed by atoms with Crippen LogP contribution in [0.2, 0.25) is 0 Å². The van der Waals surface area contributed by atoms with E-state index in [1.54, 1.807) is 0 Å². The molecule has 0 unspecified atom stereocenters. The van der Waals surface area contributed by atoms with Gasteiger partial charge in [-0.1, -0.05) is 6.08 Å². The van der Waals surface area contributed by atoms with Gasteiger partial charge in [0, 0.05) is 25.7 Å². The second-order valence-electron chi connectivity index (χ2n) is 3.42. The second-order valence-corrected chi connectivity index (χ2v) is 3.42. The van der Waals surface area contributed by atoms with Gasteiger partial charge in [-0.15, -0.1) is 0 Å². The van der Waals surface area contributed by atoms with Gasteiger partial charge >= 0.3 is 0 Å². The molecule has 0 fully saturated rings. The molecule has 1 aliphatic heterocycles. The summed E-state index contributed by atoms with van der Waals surface area (Å²) >= 11 is 0. The minimum atomic E-state index is 0.681. The molecule has 0 saturated carbocycles. The number of hydrogen-bond acceptors (Lipinski definition) is 2. The minimum absolute atomic E-state index is 0.681. The van der Waals surface area contributed by atoms with Crippen LogP contribution in [0.25, 0.3) is 0 Å². The van der Waals surface area contributed by atoms with Crippen molar-refractivity contribution >= 4 is 0 Å². The highest BCUT2D eigenvalue weighted by Gasteiger charge is 2.15. The number of hydrogen-bond donors (Lipinski definition) is 1. The quantitative estimate of drug-likeness (QED) is 0.606. The van der Waals surface area contributed by atoms with Crippen molar-refractivity contribution in [3.05, 3.63) is 11.6 Å². The summed E-state index contributed by atoms with van der Waals surface area (Å²) in [5.41, 5.74) is 1.53. The van der Waals surface area contributed by atoms with E-state index in [2.05, 4.69) is 30.1 Å². The van der Waals surface area contributed by atoms with E-state index in [0.717, 1.165) is 19.6 Å². The lowest BCUT2D eigenvalue weighted by atomic mass is 10.3. The molecule has 64 valence electrons. The number of likely N-dealkylation sites (N-methyl/N-ethyl adjacent to an activating group) is 1. The van der Waals surface area contributed by atoms with E-state index in [-0.39, 0.29) is 0 Å². The fourth-order valence-corrected chi connectivity index (χ4v) is 1.38. The Balaban J connectivity index is 2.31. The van der Waals surface area contributed by atoms with E-state index in [9.17, 15) is 0 Å². The van der Waals surface area contributed by atoms with Gasteiger partial charge in [-0.2, -0.15) is 0 Å². The zero-order chi connectivity index (χ0) is 8.27. The first kappa shape index (κ1) is 8.75. The lowest BCUT2D eigenvalue weighted by Crippen LogP contribution is -2.29. The van der Waals surface area contributed by atoms with E-state index in [0.29, 0.717) is 6.04 Å². The smallest absolute Gasteiger partial charge is 0.0212 e. The van der Waals surface area contributed by atoms with Crippen LogP contribution in [0.5, 0.6) is 0 Å². The molecule has 0 bridgehead atoms. The summed E-state index contributed by atoms with van der Waals surface area (Å²) in [4.78, 5) is 2.46. The van der Waals surface area contributed by atoms with Gasteiger partial charge in [0.05, 0.1) is 0 Å². The Morgan fingerprint density at radius 1 is 1.64 bits per heavy atom. The highest BCUT2D eigenvalue weighted by Crippen LogP contribution is 2.10. The van der Waals surface area contributed by atoms with Crippen molar-refractivity contribution < 1.29 is 0 Å². The topological polar surface area (TPSA) is 15.3 Å². The van der Waals surface area contributed by atoms with E-state index >= 15 is 0 Å². The molecule has 0 aliphatic carbocycles. The highest BCUT2D eigenvalue weighted by molar-refractivity contribution is 5.13. The molecule has 0 aromatic carbocycles. The molecule has 1 aliphatic rings. The fourth-order valence-electron chi connectivity index (χ4n) is 1.38. The SMILES string of the molecule is CNCC1=CCN(C(C)C)C1. The predicted octanol–water partition coefficient (Wildman–Crippen LogP) is 0.856. The Hall–Kier alpha value is -0.340. The molecular formula is C9H18N2. The third-order valence-electron chi connectivity index (χ3n) is 2.15. The Labute approximate surface area is 69.3 Å². The van der Waals surface area contributed by atoms with Gasteiger partial charge in [-0.3, -0.25) is 4.90 Å². The molecule has 2 heteroatoms. The first-order chi connectivity index (χ1) is 5.24. The monoisotopic (exact) mass is 154 g/mol. The summed E-state index contributed by atoms with van der Waals surface area (Å²) in [5.74, 6) is 0. The van der Waals surface area contributed by atoms with Gasteiger partial charge in [0.15, 0.2) is 0 Å². The van der Waals surface area contributed by atoms with Crippen LogP contribution in [-0.2, 0) is 0 Å². The standard InChI is InChI=1S/C9H18N2/c1-8(2)11-5-4-9(7-11)6-10-3/h4,8,10H,5-7H2,1-3H3. The third kappa shape index (κ3) is 2.31. The van der Waals surface area contributed by atoms with E-state index in [1.165, 1.54) is 5.57 Å². The van der Waals surface area contributed by atoms with Crippen LogP contribution >= 0.6 is 0 Å². The summed E-state index contributed by atoms with van der Waals surface area (Å²) in [5, 5.41) is 3.17. The third-order valence-corrected chi connectivity index (χ3v) is 2.15. The minimum Gasteiger partial charge on any atom is -0.316 e. The molecular weight excluding hydrogens is 136 g/mol. The maximum atomic E-state index is 3.17. The first-order valence-electron chi connectivity index (χ1n) is 4.30. The van der Waals surface area contributed by atoms with Crippen LogP contribution in [0.1, 0.15) is 13.8 Å². The average molecular weight is 154 g/mol. The molecule has 1 heterocycles.